The van der Waals surface area contributed by atoms with Crippen LogP contribution in [0.2, 0.25) is 0 Å². The van der Waals surface area contributed by atoms with Crippen LogP contribution in [0.3, 0.4) is 0 Å². The number of hydrogen-bond acceptors (Lipinski definition) is 2. The molecule has 0 unspecified atom stereocenters. The number of H-pyrrole nitrogens is 3. The number of benzene rings is 1. The van der Waals surface area contributed by atoms with Crippen molar-refractivity contribution < 1.29 is 0 Å². The number of thiophene rings is 1. The quantitative estimate of drug-likeness (QED) is 0.432. The van der Waals surface area contributed by atoms with Gasteiger partial charge in [0.25, 0.3) is 0 Å². The average molecular weight is 304 g/mol. The second-order valence-electron chi connectivity index (χ2n) is 5.26. The van der Waals surface area contributed by atoms with E-state index in [2.05, 4.69) is 55.6 Å². The molecular formula is C17H12N4S. The number of aromatic amines is 3. The highest BCUT2D eigenvalue weighted by Crippen LogP contribution is 2.36. The third-order valence-electron chi connectivity index (χ3n) is 3.98. The fourth-order valence-corrected chi connectivity index (χ4v) is 3.81. The molecule has 5 aromatic rings. The zero-order valence-corrected chi connectivity index (χ0v) is 12.4. The maximum absolute atomic E-state index is 4.55. The second kappa shape index (κ2) is 4.35. The first kappa shape index (κ1) is 11.8. The lowest BCUT2D eigenvalue weighted by molar-refractivity contribution is 1.30. The van der Waals surface area contributed by atoms with Gasteiger partial charge in [-0.05, 0) is 23.6 Å². The molecule has 5 heteroatoms. The molecule has 1 aromatic carbocycles. The van der Waals surface area contributed by atoms with Gasteiger partial charge in [-0.15, -0.1) is 11.3 Å². The molecule has 0 saturated heterocycles. The summed E-state index contributed by atoms with van der Waals surface area (Å²) in [5, 5.41) is 3.30. The van der Waals surface area contributed by atoms with E-state index in [0.717, 1.165) is 33.7 Å². The van der Waals surface area contributed by atoms with Crippen LogP contribution in [0, 0.1) is 0 Å². The fourth-order valence-electron chi connectivity index (χ4n) is 2.93. The van der Waals surface area contributed by atoms with Crippen LogP contribution in [0.4, 0.5) is 0 Å². The van der Waals surface area contributed by atoms with Gasteiger partial charge < -0.3 is 15.0 Å². The normalized spacial score (nSPS) is 11.6. The predicted molar refractivity (Wildman–Crippen MR) is 91.1 cm³/mol. The first-order valence-corrected chi connectivity index (χ1v) is 7.94. The van der Waals surface area contributed by atoms with Crippen LogP contribution in [0.5, 0.6) is 0 Å². The molecule has 0 atom stereocenters. The third-order valence-corrected chi connectivity index (χ3v) is 4.92. The van der Waals surface area contributed by atoms with E-state index in [1.807, 2.05) is 12.3 Å². The van der Waals surface area contributed by atoms with E-state index in [9.17, 15) is 0 Å². The molecule has 4 heterocycles. The molecule has 0 spiro atoms. The van der Waals surface area contributed by atoms with E-state index >= 15 is 0 Å². The Balaban J connectivity index is 1.74. The van der Waals surface area contributed by atoms with Crippen LogP contribution in [-0.2, 0) is 0 Å². The average Bonchev–Trinajstić information content (AvgIpc) is 3.28. The summed E-state index contributed by atoms with van der Waals surface area (Å²) in [6.07, 6.45) is 3.78. The number of aromatic nitrogens is 4. The van der Waals surface area contributed by atoms with Crippen LogP contribution in [0.1, 0.15) is 0 Å². The van der Waals surface area contributed by atoms with Gasteiger partial charge in [0.2, 0.25) is 0 Å². The van der Waals surface area contributed by atoms with Gasteiger partial charge in [0, 0.05) is 22.7 Å². The summed E-state index contributed by atoms with van der Waals surface area (Å²) >= 11 is 1.73. The number of rotatable bonds is 2. The van der Waals surface area contributed by atoms with Gasteiger partial charge in [-0.1, -0.05) is 18.2 Å². The number of imidazole rings is 1. The minimum Gasteiger partial charge on any atom is -0.360 e. The predicted octanol–water partition coefficient (Wildman–Crippen LogP) is 4.77. The molecule has 4 nitrogen and oxygen atoms in total. The van der Waals surface area contributed by atoms with Gasteiger partial charge in [0.05, 0.1) is 27.9 Å². The van der Waals surface area contributed by atoms with Gasteiger partial charge in [-0.3, -0.25) is 0 Å². The fraction of sp³-hybridized carbons (Fsp3) is 0. The lowest BCUT2D eigenvalue weighted by Gasteiger charge is -1.98. The molecule has 0 bridgehead atoms. The van der Waals surface area contributed by atoms with Crippen molar-refractivity contribution in [2.24, 2.45) is 0 Å². The maximum Gasteiger partial charge on any atom is 0.101 e. The number of para-hydroxylation sites is 1. The summed E-state index contributed by atoms with van der Waals surface area (Å²) in [6, 6.07) is 12.5. The molecule has 22 heavy (non-hydrogen) atoms. The van der Waals surface area contributed by atoms with E-state index in [0.29, 0.717) is 0 Å². The Kier molecular flexibility index (Phi) is 2.34. The van der Waals surface area contributed by atoms with Crippen LogP contribution >= 0.6 is 11.3 Å². The van der Waals surface area contributed by atoms with Crippen molar-refractivity contribution >= 4 is 32.5 Å². The number of nitrogens with one attached hydrogen (secondary N) is 3. The van der Waals surface area contributed by atoms with Gasteiger partial charge >= 0.3 is 0 Å². The van der Waals surface area contributed by atoms with Crippen molar-refractivity contribution in [2.45, 2.75) is 0 Å². The highest BCUT2D eigenvalue weighted by Gasteiger charge is 2.16. The minimum atomic E-state index is 0.972. The molecule has 0 amide bonds. The number of nitrogens with zero attached hydrogens (tertiary/aromatic N) is 1. The topological polar surface area (TPSA) is 60.3 Å². The molecule has 5 rings (SSSR count). The molecular weight excluding hydrogens is 292 g/mol. The van der Waals surface area contributed by atoms with E-state index in [1.165, 1.54) is 10.1 Å². The van der Waals surface area contributed by atoms with Crippen LogP contribution in [-0.4, -0.2) is 19.9 Å². The number of hydrogen-bond donors (Lipinski definition) is 3. The minimum absolute atomic E-state index is 0.972. The standard InChI is InChI=1S/C17H12N4S/c1-2-4-12-10(3-1)7-14(21-12)16-15(19-9-20-16)11-8-18-13-5-6-22-17(11)13/h1-9,18,21H,(H,19,20). The van der Waals surface area contributed by atoms with Gasteiger partial charge in [-0.25, -0.2) is 4.98 Å². The molecule has 4 aromatic heterocycles. The first-order valence-electron chi connectivity index (χ1n) is 7.06. The molecule has 0 fully saturated rings. The Bertz CT molecular complexity index is 1060. The summed E-state index contributed by atoms with van der Waals surface area (Å²) in [4.78, 5) is 14.6. The van der Waals surface area contributed by atoms with E-state index in [-0.39, 0.29) is 0 Å². The largest absolute Gasteiger partial charge is 0.360 e. The summed E-state index contributed by atoms with van der Waals surface area (Å²) < 4.78 is 1.24. The van der Waals surface area contributed by atoms with Crippen molar-refractivity contribution in [1.82, 2.24) is 19.9 Å². The Morgan fingerprint density at radius 3 is 2.91 bits per heavy atom. The van der Waals surface area contributed by atoms with Crippen LogP contribution < -0.4 is 0 Å². The molecule has 0 aliphatic carbocycles. The number of fused-ring (bicyclic) bond motifs is 2. The molecule has 0 saturated carbocycles. The Labute approximate surface area is 129 Å². The summed E-state index contributed by atoms with van der Waals surface area (Å²) in [5.74, 6) is 0. The molecule has 106 valence electrons. The van der Waals surface area contributed by atoms with Gasteiger partial charge in [0.15, 0.2) is 0 Å². The highest BCUT2D eigenvalue weighted by molar-refractivity contribution is 7.17. The SMILES string of the molecule is c1ccc2[nH]c(-c3[nH]cnc3-c3c[nH]c4ccsc34)cc2c1. The zero-order valence-electron chi connectivity index (χ0n) is 11.6. The Morgan fingerprint density at radius 1 is 1.00 bits per heavy atom. The van der Waals surface area contributed by atoms with Gasteiger partial charge in [0.1, 0.15) is 5.69 Å². The van der Waals surface area contributed by atoms with Crippen molar-refractivity contribution in [3.8, 4) is 22.6 Å². The Morgan fingerprint density at radius 2 is 1.95 bits per heavy atom. The maximum atomic E-state index is 4.55. The Hall–Kier alpha value is -2.79. The summed E-state index contributed by atoms with van der Waals surface area (Å²) in [5.41, 5.74) is 6.48. The summed E-state index contributed by atoms with van der Waals surface area (Å²) in [6.45, 7) is 0. The van der Waals surface area contributed by atoms with Crippen molar-refractivity contribution in [3.05, 3.63) is 54.3 Å². The van der Waals surface area contributed by atoms with E-state index < -0.39 is 0 Å². The third kappa shape index (κ3) is 1.60. The lowest BCUT2D eigenvalue weighted by Crippen LogP contribution is -1.82. The molecule has 0 aliphatic rings. The zero-order chi connectivity index (χ0) is 14.5. The van der Waals surface area contributed by atoms with Crippen molar-refractivity contribution in [1.29, 1.82) is 0 Å². The second-order valence-corrected chi connectivity index (χ2v) is 6.18. The van der Waals surface area contributed by atoms with E-state index in [4.69, 9.17) is 0 Å². The molecule has 0 radical (unpaired) electrons. The smallest absolute Gasteiger partial charge is 0.101 e. The first-order chi connectivity index (χ1) is 10.9. The molecule has 0 aliphatic heterocycles. The molecule has 3 N–H and O–H groups in total. The van der Waals surface area contributed by atoms with Crippen LogP contribution in [0.15, 0.2) is 54.3 Å². The lowest BCUT2D eigenvalue weighted by atomic mass is 10.1. The highest BCUT2D eigenvalue weighted by atomic mass is 32.1. The van der Waals surface area contributed by atoms with E-state index in [1.54, 1.807) is 17.7 Å². The van der Waals surface area contributed by atoms with Gasteiger partial charge in [-0.2, -0.15) is 0 Å². The van der Waals surface area contributed by atoms with Crippen molar-refractivity contribution in [2.75, 3.05) is 0 Å². The van der Waals surface area contributed by atoms with Crippen molar-refractivity contribution in [3.63, 3.8) is 0 Å². The van der Waals surface area contributed by atoms with Crippen LogP contribution in [0.25, 0.3) is 43.8 Å². The summed E-state index contributed by atoms with van der Waals surface area (Å²) in [7, 11) is 0. The monoisotopic (exact) mass is 304 g/mol.